The summed E-state index contributed by atoms with van der Waals surface area (Å²) < 4.78 is 7.42. The predicted molar refractivity (Wildman–Crippen MR) is 53.1 cm³/mol. The first kappa shape index (κ1) is 9.50. The number of hydrogen-bond donors (Lipinski definition) is 1. The van der Waals surface area contributed by atoms with Crippen LogP contribution in [0.25, 0.3) is 11.2 Å². The number of rotatable bonds is 1. The Hall–Kier alpha value is -2.05. The van der Waals surface area contributed by atoms with Crippen molar-refractivity contribution in [1.82, 2.24) is 19.1 Å². The molecule has 0 aliphatic heterocycles. The lowest BCUT2D eigenvalue weighted by molar-refractivity contribution is 0.358. The Balaban J connectivity index is 3.04. The van der Waals surface area contributed by atoms with E-state index in [1.807, 2.05) is 0 Å². The van der Waals surface area contributed by atoms with Gasteiger partial charge in [-0.05, 0) is 0 Å². The summed E-state index contributed by atoms with van der Waals surface area (Å²) in [7, 11) is 4.48. The third-order valence-corrected chi connectivity index (χ3v) is 2.27. The molecule has 7 nitrogen and oxygen atoms in total. The Morgan fingerprint density at radius 3 is 2.53 bits per heavy atom. The second-order valence-corrected chi connectivity index (χ2v) is 3.15. The van der Waals surface area contributed by atoms with Gasteiger partial charge in [0.25, 0.3) is 5.56 Å². The van der Waals surface area contributed by atoms with Crippen molar-refractivity contribution in [2.45, 2.75) is 0 Å². The molecule has 80 valence electrons. The lowest BCUT2D eigenvalue weighted by Crippen LogP contribution is -2.20. The number of fused-ring (bicyclic) bond motifs is 1. The third kappa shape index (κ3) is 1.16. The number of aromatic nitrogens is 4. The van der Waals surface area contributed by atoms with Crippen LogP contribution >= 0.6 is 0 Å². The van der Waals surface area contributed by atoms with Crippen LogP contribution in [0.5, 0.6) is 6.01 Å². The fourth-order valence-electron chi connectivity index (χ4n) is 1.39. The average Bonchev–Trinajstić information content (AvgIpc) is 2.50. The summed E-state index contributed by atoms with van der Waals surface area (Å²) in [5.74, 6) is 0. The van der Waals surface area contributed by atoms with Crippen molar-refractivity contribution in [3.63, 3.8) is 0 Å². The van der Waals surface area contributed by atoms with Gasteiger partial charge >= 0.3 is 11.7 Å². The standard InChI is InChI=1S/C8H10N4O3/c1-11-5-4(9-7(11)14)6(13)12(2)8(10-5)15-3/h1-3H3,(H,9,14). The Morgan fingerprint density at radius 2 is 1.93 bits per heavy atom. The number of imidazole rings is 1. The van der Waals surface area contributed by atoms with E-state index < -0.39 is 0 Å². The first-order chi connectivity index (χ1) is 7.06. The quantitative estimate of drug-likeness (QED) is 0.652. The zero-order valence-electron chi connectivity index (χ0n) is 8.57. The second kappa shape index (κ2) is 2.97. The van der Waals surface area contributed by atoms with Crippen molar-refractivity contribution in [3.8, 4) is 6.01 Å². The van der Waals surface area contributed by atoms with Gasteiger partial charge in [-0.25, -0.2) is 4.79 Å². The zero-order valence-corrected chi connectivity index (χ0v) is 8.57. The number of aromatic amines is 1. The maximum atomic E-state index is 11.7. The highest BCUT2D eigenvalue weighted by molar-refractivity contribution is 5.69. The Bertz CT molecular complexity index is 634. The van der Waals surface area contributed by atoms with E-state index in [2.05, 4.69) is 9.97 Å². The molecule has 7 heteroatoms. The molecule has 2 heterocycles. The molecular weight excluding hydrogens is 200 g/mol. The van der Waals surface area contributed by atoms with Crippen LogP contribution < -0.4 is 16.0 Å². The number of H-pyrrole nitrogens is 1. The van der Waals surface area contributed by atoms with E-state index >= 15 is 0 Å². The lowest BCUT2D eigenvalue weighted by Gasteiger charge is -2.04. The van der Waals surface area contributed by atoms with Gasteiger partial charge in [-0.15, -0.1) is 0 Å². The van der Waals surface area contributed by atoms with E-state index in [4.69, 9.17) is 4.74 Å². The van der Waals surface area contributed by atoms with Crippen LogP contribution in [0.1, 0.15) is 0 Å². The molecule has 1 N–H and O–H groups in total. The topological polar surface area (TPSA) is 81.9 Å². The van der Waals surface area contributed by atoms with E-state index in [0.717, 1.165) is 0 Å². The van der Waals surface area contributed by atoms with Gasteiger partial charge in [0.1, 0.15) is 0 Å². The molecule has 0 radical (unpaired) electrons. The molecular formula is C8H10N4O3. The van der Waals surface area contributed by atoms with Crippen molar-refractivity contribution in [1.29, 1.82) is 0 Å². The van der Waals surface area contributed by atoms with Gasteiger partial charge in [0.05, 0.1) is 7.11 Å². The van der Waals surface area contributed by atoms with E-state index in [1.165, 1.54) is 30.3 Å². The highest BCUT2D eigenvalue weighted by Crippen LogP contribution is 2.07. The van der Waals surface area contributed by atoms with E-state index in [1.54, 1.807) is 0 Å². The van der Waals surface area contributed by atoms with E-state index in [0.29, 0.717) is 5.65 Å². The smallest absolute Gasteiger partial charge is 0.327 e. The Labute approximate surface area is 83.9 Å². The van der Waals surface area contributed by atoms with Crippen LogP contribution in [0.2, 0.25) is 0 Å². The predicted octanol–water partition coefficient (Wildman–Crippen LogP) is -1.03. The summed E-state index contributed by atoms with van der Waals surface area (Å²) in [6.45, 7) is 0. The lowest BCUT2D eigenvalue weighted by atomic mass is 10.5. The summed E-state index contributed by atoms with van der Waals surface area (Å²) >= 11 is 0. The minimum Gasteiger partial charge on any atom is -0.468 e. The highest BCUT2D eigenvalue weighted by Gasteiger charge is 2.13. The molecule has 0 amide bonds. The van der Waals surface area contributed by atoms with E-state index in [9.17, 15) is 9.59 Å². The molecule has 0 aromatic carbocycles. The summed E-state index contributed by atoms with van der Waals surface area (Å²) in [4.78, 5) is 29.5. The maximum Gasteiger partial charge on any atom is 0.327 e. The van der Waals surface area contributed by atoms with Crippen molar-refractivity contribution in [2.75, 3.05) is 7.11 Å². The van der Waals surface area contributed by atoms with Crippen LogP contribution in [-0.2, 0) is 14.1 Å². The summed E-state index contributed by atoms with van der Waals surface area (Å²) in [5.41, 5.74) is -0.233. The molecule has 0 fully saturated rings. The third-order valence-electron chi connectivity index (χ3n) is 2.27. The van der Waals surface area contributed by atoms with Crippen LogP contribution in [-0.4, -0.2) is 26.2 Å². The fraction of sp³-hybridized carbons (Fsp3) is 0.375. The molecule has 2 aromatic heterocycles. The van der Waals surface area contributed by atoms with Crippen molar-refractivity contribution in [3.05, 3.63) is 20.8 Å². The van der Waals surface area contributed by atoms with Crippen molar-refractivity contribution >= 4 is 11.2 Å². The normalized spacial score (nSPS) is 10.9. The number of nitrogens with one attached hydrogen (secondary N) is 1. The molecule has 0 atom stereocenters. The summed E-state index contributed by atoms with van der Waals surface area (Å²) in [5, 5.41) is 0. The maximum absolute atomic E-state index is 11.7. The number of nitrogens with zero attached hydrogens (tertiary/aromatic N) is 3. The van der Waals surface area contributed by atoms with Crippen molar-refractivity contribution in [2.24, 2.45) is 14.1 Å². The minimum atomic E-state index is -0.372. The number of aryl methyl sites for hydroxylation is 1. The molecule has 0 spiro atoms. The van der Waals surface area contributed by atoms with Gasteiger partial charge < -0.3 is 4.74 Å². The second-order valence-electron chi connectivity index (χ2n) is 3.15. The Kier molecular flexibility index (Phi) is 1.88. The molecule has 2 aromatic rings. The highest BCUT2D eigenvalue weighted by atomic mass is 16.5. The average molecular weight is 210 g/mol. The first-order valence-electron chi connectivity index (χ1n) is 4.26. The van der Waals surface area contributed by atoms with Gasteiger partial charge in [-0.3, -0.25) is 18.9 Å². The molecule has 0 aliphatic carbocycles. The van der Waals surface area contributed by atoms with Crippen LogP contribution in [0.4, 0.5) is 0 Å². The molecule has 0 bridgehead atoms. The van der Waals surface area contributed by atoms with Gasteiger partial charge in [-0.1, -0.05) is 0 Å². The number of hydrogen-bond acceptors (Lipinski definition) is 4. The van der Waals surface area contributed by atoms with Crippen LogP contribution in [0, 0.1) is 0 Å². The molecule has 15 heavy (non-hydrogen) atoms. The fourth-order valence-corrected chi connectivity index (χ4v) is 1.39. The van der Waals surface area contributed by atoms with Gasteiger partial charge in [0, 0.05) is 14.1 Å². The van der Waals surface area contributed by atoms with Gasteiger partial charge in [-0.2, -0.15) is 4.98 Å². The van der Waals surface area contributed by atoms with Gasteiger partial charge in [0.15, 0.2) is 11.2 Å². The van der Waals surface area contributed by atoms with Crippen molar-refractivity contribution < 1.29 is 4.74 Å². The molecule has 0 saturated carbocycles. The van der Waals surface area contributed by atoms with Crippen LogP contribution in [0.15, 0.2) is 9.59 Å². The zero-order chi connectivity index (χ0) is 11.2. The number of methoxy groups -OCH3 is 1. The first-order valence-corrected chi connectivity index (χ1v) is 4.26. The molecule has 0 unspecified atom stereocenters. The largest absolute Gasteiger partial charge is 0.468 e. The Morgan fingerprint density at radius 1 is 1.27 bits per heavy atom. The molecule has 2 rings (SSSR count). The van der Waals surface area contributed by atoms with Crippen LogP contribution in [0.3, 0.4) is 0 Å². The molecule has 0 saturated heterocycles. The van der Waals surface area contributed by atoms with Gasteiger partial charge in [0.2, 0.25) is 0 Å². The molecule has 0 aliphatic rings. The number of ether oxygens (including phenoxy) is 1. The summed E-state index contributed by atoms with van der Waals surface area (Å²) in [6.07, 6.45) is 0. The van der Waals surface area contributed by atoms with E-state index in [-0.39, 0.29) is 22.8 Å². The summed E-state index contributed by atoms with van der Waals surface area (Å²) in [6, 6.07) is 0.169. The SMILES string of the molecule is COc1nc2c([nH]c(=O)n2C)c(=O)n1C. The monoisotopic (exact) mass is 210 g/mol. The minimum absolute atomic E-state index is 0.169.